The molecule has 1 amide bonds. The number of nitrogens with zero attached hydrogens (tertiary/aromatic N) is 2. The highest BCUT2D eigenvalue weighted by Gasteiger charge is 2.26. The van der Waals surface area contributed by atoms with Crippen molar-refractivity contribution >= 4 is 11.9 Å². The van der Waals surface area contributed by atoms with E-state index in [-0.39, 0.29) is 11.8 Å². The van der Waals surface area contributed by atoms with Crippen LogP contribution in [0.1, 0.15) is 35.6 Å². The lowest BCUT2D eigenvalue weighted by Gasteiger charge is -2.24. The Hall–Kier alpha value is -2.23. The SMILES string of the molecule is Cc1ccnc(NC(=O)C2CCCc3ccccc32)n1. The Bertz CT molecular complexity index is 639. The molecule has 1 aromatic carbocycles. The van der Waals surface area contributed by atoms with Gasteiger partial charge in [0.05, 0.1) is 5.92 Å². The third-order valence-corrected chi connectivity index (χ3v) is 3.72. The van der Waals surface area contributed by atoms with E-state index in [0.717, 1.165) is 30.5 Å². The van der Waals surface area contributed by atoms with Crippen LogP contribution < -0.4 is 5.32 Å². The molecule has 4 nitrogen and oxygen atoms in total. The maximum absolute atomic E-state index is 12.5. The Kier molecular flexibility index (Phi) is 3.46. The number of nitrogens with one attached hydrogen (secondary N) is 1. The van der Waals surface area contributed by atoms with Crippen LogP contribution in [0.25, 0.3) is 0 Å². The van der Waals surface area contributed by atoms with Crippen molar-refractivity contribution in [2.75, 3.05) is 5.32 Å². The normalized spacial score (nSPS) is 17.4. The van der Waals surface area contributed by atoms with Gasteiger partial charge in [-0.3, -0.25) is 10.1 Å². The van der Waals surface area contributed by atoms with Gasteiger partial charge in [-0.1, -0.05) is 24.3 Å². The first-order valence-corrected chi connectivity index (χ1v) is 6.92. The minimum Gasteiger partial charge on any atom is -0.294 e. The predicted molar refractivity (Wildman–Crippen MR) is 77.5 cm³/mol. The van der Waals surface area contributed by atoms with E-state index in [2.05, 4.69) is 27.4 Å². The molecule has 2 aromatic rings. The number of rotatable bonds is 2. The summed E-state index contributed by atoms with van der Waals surface area (Å²) < 4.78 is 0. The fourth-order valence-corrected chi connectivity index (χ4v) is 2.73. The van der Waals surface area contributed by atoms with Crippen molar-refractivity contribution in [1.82, 2.24) is 9.97 Å². The standard InChI is InChI=1S/C16H17N3O/c1-11-9-10-17-16(18-11)19-15(20)14-8-4-6-12-5-2-3-7-13(12)14/h2-3,5,7,9-10,14H,4,6,8H2,1H3,(H,17,18,19,20). The monoisotopic (exact) mass is 267 g/mol. The van der Waals surface area contributed by atoms with Crippen LogP contribution in [0.2, 0.25) is 0 Å². The van der Waals surface area contributed by atoms with Crippen LogP contribution in [0.4, 0.5) is 5.95 Å². The summed E-state index contributed by atoms with van der Waals surface area (Å²) >= 11 is 0. The zero-order chi connectivity index (χ0) is 13.9. The molecule has 20 heavy (non-hydrogen) atoms. The topological polar surface area (TPSA) is 54.9 Å². The zero-order valence-corrected chi connectivity index (χ0v) is 11.5. The number of benzene rings is 1. The molecule has 0 radical (unpaired) electrons. The molecule has 0 fully saturated rings. The average molecular weight is 267 g/mol. The number of hydrogen-bond donors (Lipinski definition) is 1. The highest BCUT2D eigenvalue weighted by molar-refractivity contribution is 5.94. The first-order valence-electron chi connectivity index (χ1n) is 6.92. The highest BCUT2D eigenvalue weighted by Crippen LogP contribution is 2.32. The van der Waals surface area contributed by atoms with Crippen molar-refractivity contribution in [3.8, 4) is 0 Å². The molecule has 1 N–H and O–H groups in total. The number of aromatic nitrogens is 2. The summed E-state index contributed by atoms with van der Waals surface area (Å²) in [7, 11) is 0. The highest BCUT2D eigenvalue weighted by atomic mass is 16.2. The minimum absolute atomic E-state index is 0.0113. The van der Waals surface area contributed by atoms with Gasteiger partial charge in [-0.2, -0.15) is 0 Å². The summed E-state index contributed by atoms with van der Waals surface area (Å²) in [6, 6.07) is 10.00. The van der Waals surface area contributed by atoms with Gasteiger partial charge >= 0.3 is 0 Å². The number of carbonyl (C=O) groups is 1. The molecule has 0 saturated carbocycles. The van der Waals surface area contributed by atoms with Crippen molar-refractivity contribution in [2.24, 2.45) is 0 Å². The largest absolute Gasteiger partial charge is 0.294 e. The van der Waals surface area contributed by atoms with Gasteiger partial charge in [-0.05, 0) is 43.4 Å². The van der Waals surface area contributed by atoms with Crippen molar-refractivity contribution in [1.29, 1.82) is 0 Å². The molecule has 0 aliphatic heterocycles. The Labute approximate surface area is 118 Å². The molecule has 1 heterocycles. The third kappa shape index (κ3) is 2.54. The van der Waals surface area contributed by atoms with Crippen LogP contribution >= 0.6 is 0 Å². The molecular formula is C16H17N3O. The molecule has 1 atom stereocenters. The molecule has 3 rings (SSSR count). The van der Waals surface area contributed by atoms with Crippen molar-refractivity contribution in [3.05, 3.63) is 53.3 Å². The van der Waals surface area contributed by atoms with Gasteiger partial charge in [0.25, 0.3) is 0 Å². The number of anilines is 1. The maximum atomic E-state index is 12.5. The van der Waals surface area contributed by atoms with E-state index in [9.17, 15) is 4.79 Å². The van der Waals surface area contributed by atoms with Gasteiger partial charge < -0.3 is 0 Å². The first kappa shape index (κ1) is 12.8. The number of amides is 1. The first-order chi connectivity index (χ1) is 9.74. The fraction of sp³-hybridized carbons (Fsp3) is 0.312. The second-order valence-corrected chi connectivity index (χ2v) is 5.15. The number of aryl methyl sites for hydroxylation is 2. The summed E-state index contributed by atoms with van der Waals surface area (Å²) in [5.74, 6) is 0.282. The van der Waals surface area contributed by atoms with E-state index < -0.39 is 0 Å². The molecule has 1 aliphatic rings. The summed E-state index contributed by atoms with van der Waals surface area (Å²) in [6.45, 7) is 1.88. The van der Waals surface area contributed by atoms with E-state index in [1.165, 1.54) is 5.56 Å². The molecule has 4 heteroatoms. The predicted octanol–water partition coefficient (Wildman–Crippen LogP) is 2.84. The van der Waals surface area contributed by atoms with Crippen molar-refractivity contribution < 1.29 is 4.79 Å². The lowest BCUT2D eigenvalue weighted by atomic mass is 9.82. The Morgan fingerprint density at radius 2 is 2.15 bits per heavy atom. The third-order valence-electron chi connectivity index (χ3n) is 3.72. The second-order valence-electron chi connectivity index (χ2n) is 5.15. The summed E-state index contributed by atoms with van der Waals surface area (Å²) in [5.41, 5.74) is 3.27. The van der Waals surface area contributed by atoms with Gasteiger partial charge in [-0.25, -0.2) is 9.97 Å². The van der Waals surface area contributed by atoms with Crippen molar-refractivity contribution in [2.45, 2.75) is 32.1 Å². The Balaban J connectivity index is 1.82. The Morgan fingerprint density at radius 3 is 3.00 bits per heavy atom. The number of fused-ring (bicyclic) bond motifs is 1. The van der Waals surface area contributed by atoms with Gasteiger partial charge in [0.15, 0.2) is 0 Å². The summed E-state index contributed by atoms with van der Waals surface area (Å²) in [5, 5.41) is 2.83. The van der Waals surface area contributed by atoms with E-state index in [1.807, 2.05) is 25.1 Å². The van der Waals surface area contributed by atoms with Crippen LogP contribution in [0.3, 0.4) is 0 Å². The molecule has 1 unspecified atom stereocenters. The number of carbonyl (C=O) groups excluding carboxylic acids is 1. The van der Waals surface area contributed by atoms with E-state index in [4.69, 9.17) is 0 Å². The molecule has 1 aliphatic carbocycles. The summed E-state index contributed by atoms with van der Waals surface area (Å²) in [6.07, 6.45) is 4.64. The van der Waals surface area contributed by atoms with Gasteiger partial charge in [0.1, 0.15) is 0 Å². The molecule has 0 bridgehead atoms. The van der Waals surface area contributed by atoms with E-state index in [0.29, 0.717) is 5.95 Å². The van der Waals surface area contributed by atoms with Crippen LogP contribution in [-0.4, -0.2) is 15.9 Å². The average Bonchev–Trinajstić information content (AvgIpc) is 2.46. The van der Waals surface area contributed by atoms with Crippen LogP contribution in [0.15, 0.2) is 36.5 Å². The van der Waals surface area contributed by atoms with Gasteiger partial charge in [0.2, 0.25) is 11.9 Å². The Morgan fingerprint density at radius 1 is 1.30 bits per heavy atom. The lowest BCUT2D eigenvalue weighted by Crippen LogP contribution is -2.25. The van der Waals surface area contributed by atoms with Crippen LogP contribution in [-0.2, 0) is 11.2 Å². The van der Waals surface area contributed by atoms with E-state index in [1.54, 1.807) is 6.20 Å². The van der Waals surface area contributed by atoms with Gasteiger partial charge in [0, 0.05) is 11.9 Å². The maximum Gasteiger partial charge on any atom is 0.234 e. The second kappa shape index (κ2) is 5.41. The van der Waals surface area contributed by atoms with Gasteiger partial charge in [-0.15, -0.1) is 0 Å². The molecule has 102 valence electrons. The smallest absolute Gasteiger partial charge is 0.234 e. The molecule has 1 aromatic heterocycles. The quantitative estimate of drug-likeness (QED) is 0.910. The lowest BCUT2D eigenvalue weighted by molar-refractivity contribution is -0.117. The zero-order valence-electron chi connectivity index (χ0n) is 11.5. The number of hydrogen-bond acceptors (Lipinski definition) is 3. The molecule has 0 spiro atoms. The van der Waals surface area contributed by atoms with Crippen LogP contribution in [0.5, 0.6) is 0 Å². The minimum atomic E-state index is -0.0935. The van der Waals surface area contributed by atoms with E-state index >= 15 is 0 Å². The fourth-order valence-electron chi connectivity index (χ4n) is 2.73. The molecular weight excluding hydrogens is 250 g/mol. The van der Waals surface area contributed by atoms with Crippen LogP contribution in [0, 0.1) is 6.92 Å². The molecule has 0 saturated heterocycles. The van der Waals surface area contributed by atoms with Crippen molar-refractivity contribution in [3.63, 3.8) is 0 Å². The summed E-state index contributed by atoms with van der Waals surface area (Å²) in [4.78, 5) is 20.8.